The molecular formula is C14H13NO2. The molecule has 2 rings (SSSR count). The van der Waals surface area contributed by atoms with Gasteiger partial charge in [-0.05, 0) is 24.3 Å². The zero-order valence-electron chi connectivity index (χ0n) is 9.54. The van der Waals surface area contributed by atoms with Crippen LogP contribution in [-0.2, 0) is 4.79 Å². The van der Waals surface area contributed by atoms with E-state index in [-0.39, 0.29) is 0 Å². The van der Waals surface area contributed by atoms with Crippen LogP contribution in [-0.4, -0.2) is 13.2 Å². The maximum atomic E-state index is 9.68. The predicted molar refractivity (Wildman–Crippen MR) is 67.2 cm³/mol. The number of aliphatic imine (C=N–C) groups is 1. The Morgan fingerprint density at radius 2 is 1.47 bits per heavy atom. The van der Waals surface area contributed by atoms with Crippen LogP contribution in [0.1, 0.15) is 0 Å². The van der Waals surface area contributed by atoms with E-state index in [1.54, 1.807) is 19.2 Å². The molecule has 0 radical (unpaired) electrons. The lowest BCUT2D eigenvalue weighted by Crippen LogP contribution is -1.78. The molecule has 0 fully saturated rings. The van der Waals surface area contributed by atoms with E-state index in [9.17, 15) is 4.79 Å². The number of para-hydroxylation sites is 2. The number of nitrogens with zero attached hydrogens (tertiary/aromatic N) is 1. The van der Waals surface area contributed by atoms with E-state index in [4.69, 9.17) is 4.74 Å². The Labute approximate surface area is 100 Å². The van der Waals surface area contributed by atoms with Crippen molar-refractivity contribution in [1.82, 2.24) is 0 Å². The molecule has 0 saturated heterocycles. The van der Waals surface area contributed by atoms with Crippen molar-refractivity contribution in [1.29, 1.82) is 0 Å². The molecule has 0 atom stereocenters. The second-order valence-electron chi connectivity index (χ2n) is 3.06. The van der Waals surface area contributed by atoms with Gasteiger partial charge < -0.3 is 4.74 Å². The summed E-state index contributed by atoms with van der Waals surface area (Å²) >= 11 is 0. The summed E-state index contributed by atoms with van der Waals surface area (Å²) in [6.07, 6.45) is 1.46. The molecule has 2 aromatic rings. The molecule has 86 valence electrons. The highest BCUT2D eigenvalue weighted by Gasteiger charge is 1.80. The summed E-state index contributed by atoms with van der Waals surface area (Å²) in [5.41, 5.74) is 0.646. The minimum Gasteiger partial charge on any atom is -0.497 e. The summed E-state index contributed by atoms with van der Waals surface area (Å²) in [6.45, 7) is 0. The number of rotatable bonds is 2. The molecule has 0 aliphatic rings. The lowest BCUT2D eigenvalue weighted by atomic mass is 10.3. The molecular weight excluding hydrogens is 214 g/mol. The summed E-state index contributed by atoms with van der Waals surface area (Å²) in [4.78, 5) is 13.1. The van der Waals surface area contributed by atoms with Crippen molar-refractivity contribution in [3.05, 3.63) is 60.7 Å². The van der Waals surface area contributed by atoms with Gasteiger partial charge in [-0.1, -0.05) is 36.4 Å². The second-order valence-corrected chi connectivity index (χ2v) is 3.06. The van der Waals surface area contributed by atoms with E-state index in [0.29, 0.717) is 5.69 Å². The molecule has 3 nitrogen and oxygen atoms in total. The van der Waals surface area contributed by atoms with Crippen LogP contribution in [0.4, 0.5) is 5.69 Å². The SMILES string of the molecule is COc1ccccc1.O=C=Nc1ccccc1. The first kappa shape index (κ1) is 12.7. The van der Waals surface area contributed by atoms with Gasteiger partial charge in [0.25, 0.3) is 0 Å². The normalized spacial score (nSPS) is 8.29. The number of carbonyl (C=O) groups excluding carboxylic acids is 1. The average molecular weight is 227 g/mol. The Balaban J connectivity index is 0.000000171. The van der Waals surface area contributed by atoms with E-state index in [2.05, 4.69) is 4.99 Å². The summed E-state index contributed by atoms with van der Waals surface area (Å²) in [5.74, 6) is 0.910. The molecule has 0 bridgehead atoms. The number of methoxy groups -OCH3 is 1. The van der Waals surface area contributed by atoms with Gasteiger partial charge >= 0.3 is 0 Å². The Morgan fingerprint density at radius 1 is 0.941 bits per heavy atom. The van der Waals surface area contributed by atoms with Crippen molar-refractivity contribution in [2.24, 2.45) is 4.99 Å². The fourth-order valence-corrected chi connectivity index (χ4v) is 1.11. The quantitative estimate of drug-likeness (QED) is 0.583. The highest BCUT2D eigenvalue weighted by molar-refractivity contribution is 5.47. The molecule has 0 N–H and O–H groups in total. The van der Waals surface area contributed by atoms with Gasteiger partial charge in [0.2, 0.25) is 6.08 Å². The number of benzene rings is 2. The lowest BCUT2D eigenvalue weighted by Gasteiger charge is -1.93. The van der Waals surface area contributed by atoms with Gasteiger partial charge in [0, 0.05) is 0 Å². The molecule has 0 amide bonds. The lowest BCUT2D eigenvalue weighted by molar-refractivity contribution is 0.415. The number of hydrogen-bond donors (Lipinski definition) is 0. The van der Waals surface area contributed by atoms with Crippen LogP contribution in [0.25, 0.3) is 0 Å². The van der Waals surface area contributed by atoms with Gasteiger partial charge in [0.05, 0.1) is 12.8 Å². The summed E-state index contributed by atoms with van der Waals surface area (Å²) in [6, 6.07) is 18.7. The van der Waals surface area contributed by atoms with Crippen LogP contribution >= 0.6 is 0 Å². The number of hydrogen-bond acceptors (Lipinski definition) is 3. The molecule has 0 aromatic heterocycles. The molecule has 0 aliphatic carbocycles. The largest absolute Gasteiger partial charge is 0.497 e. The van der Waals surface area contributed by atoms with Gasteiger partial charge in [-0.3, -0.25) is 0 Å². The minimum absolute atomic E-state index is 0.646. The fourth-order valence-electron chi connectivity index (χ4n) is 1.11. The maximum Gasteiger partial charge on any atom is 0.240 e. The van der Waals surface area contributed by atoms with Crippen LogP contribution in [0, 0.1) is 0 Å². The van der Waals surface area contributed by atoms with Crippen molar-refractivity contribution >= 4 is 11.8 Å². The standard InChI is InChI=1S/C7H5NO.C7H8O/c9-6-8-7-4-2-1-3-5-7;1-8-7-5-3-2-4-6-7/h1-5H;2-6H,1H3. The molecule has 0 saturated carbocycles. The third-order valence-corrected chi connectivity index (χ3v) is 1.91. The monoisotopic (exact) mass is 227 g/mol. The van der Waals surface area contributed by atoms with E-state index >= 15 is 0 Å². The predicted octanol–water partition coefficient (Wildman–Crippen LogP) is 3.35. The first-order valence-corrected chi connectivity index (χ1v) is 5.09. The Hall–Kier alpha value is -2.38. The fraction of sp³-hybridized carbons (Fsp3) is 0.0714. The van der Waals surface area contributed by atoms with Crippen molar-refractivity contribution in [3.8, 4) is 5.75 Å². The second kappa shape index (κ2) is 7.85. The number of isocyanates is 1. The minimum atomic E-state index is 0.646. The van der Waals surface area contributed by atoms with Crippen LogP contribution < -0.4 is 4.74 Å². The van der Waals surface area contributed by atoms with Crippen molar-refractivity contribution < 1.29 is 9.53 Å². The van der Waals surface area contributed by atoms with Crippen molar-refractivity contribution in [2.45, 2.75) is 0 Å². The Kier molecular flexibility index (Phi) is 5.86. The zero-order valence-corrected chi connectivity index (χ0v) is 9.54. The van der Waals surface area contributed by atoms with E-state index in [0.717, 1.165) is 5.75 Å². The average Bonchev–Trinajstić information content (AvgIpc) is 2.42. The third kappa shape index (κ3) is 5.30. The van der Waals surface area contributed by atoms with Crippen LogP contribution in [0.15, 0.2) is 65.7 Å². The van der Waals surface area contributed by atoms with Crippen LogP contribution in [0.5, 0.6) is 5.75 Å². The first-order valence-electron chi connectivity index (χ1n) is 5.09. The molecule has 0 aliphatic heterocycles. The van der Waals surface area contributed by atoms with Gasteiger partial charge in [0.15, 0.2) is 0 Å². The van der Waals surface area contributed by atoms with Gasteiger partial charge in [-0.2, -0.15) is 4.99 Å². The highest BCUT2D eigenvalue weighted by Crippen LogP contribution is 2.07. The van der Waals surface area contributed by atoms with E-state index in [1.165, 1.54) is 6.08 Å². The molecule has 0 spiro atoms. The van der Waals surface area contributed by atoms with Gasteiger partial charge in [-0.15, -0.1) is 0 Å². The smallest absolute Gasteiger partial charge is 0.240 e. The van der Waals surface area contributed by atoms with Gasteiger partial charge in [-0.25, -0.2) is 4.79 Å². The first-order chi connectivity index (χ1) is 8.36. The number of ether oxygens (including phenoxy) is 1. The van der Waals surface area contributed by atoms with Crippen LogP contribution in [0.3, 0.4) is 0 Å². The molecule has 2 aromatic carbocycles. The topological polar surface area (TPSA) is 38.7 Å². The van der Waals surface area contributed by atoms with Crippen LogP contribution in [0.2, 0.25) is 0 Å². The zero-order chi connectivity index (χ0) is 12.3. The summed E-state index contributed by atoms with van der Waals surface area (Å²) in [7, 11) is 1.66. The van der Waals surface area contributed by atoms with Crippen molar-refractivity contribution in [2.75, 3.05) is 7.11 Å². The van der Waals surface area contributed by atoms with E-state index < -0.39 is 0 Å². The van der Waals surface area contributed by atoms with Crippen molar-refractivity contribution in [3.63, 3.8) is 0 Å². The maximum absolute atomic E-state index is 9.68. The third-order valence-electron chi connectivity index (χ3n) is 1.91. The summed E-state index contributed by atoms with van der Waals surface area (Å²) in [5, 5.41) is 0. The van der Waals surface area contributed by atoms with Gasteiger partial charge in [0.1, 0.15) is 5.75 Å². The van der Waals surface area contributed by atoms with E-state index in [1.807, 2.05) is 48.5 Å². The molecule has 0 unspecified atom stereocenters. The Morgan fingerprint density at radius 3 is 1.88 bits per heavy atom. The Bertz CT molecular complexity index is 462. The highest BCUT2D eigenvalue weighted by atomic mass is 16.5. The summed E-state index contributed by atoms with van der Waals surface area (Å²) < 4.78 is 4.91. The molecule has 17 heavy (non-hydrogen) atoms. The molecule has 3 heteroatoms. The molecule has 0 heterocycles.